The summed E-state index contributed by atoms with van der Waals surface area (Å²) in [5.74, 6) is 1.15. The Morgan fingerprint density at radius 1 is 1.29 bits per heavy atom. The van der Waals surface area contributed by atoms with Gasteiger partial charge in [-0.05, 0) is 36.2 Å². The number of hydrogen-bond acceptors (Lipinski definition) is 5. The first kappa shape index (κ1) is 15.4. The number of aromatic nitrogens is 1. The summed E-state index contributed by atoms with van der Waals surface area (Å²) in [7, 11) is 3.01. The van der Waals surface area contributed by atoms with Crippen molar-refractivity contribution in [3.63, 3.8) is 0 Å². The van der Waals surface area contributed by atoms with Gasteiger partial charge in [0, 0.05) is 11.8 Å². The summed E-state index contributed by atoms with van der Waals surface area (Å²) >= 11 is 6.16. The molecule has 112 valence electrons. The Morgan fingerprint density at radius 3 is 2.57 bits per heavy atom. The molecule has 0 saturated carbocycles. The SMILES string of the molecule is COc1cc(C(O)c2c(C)ccnc2N)cc(Cl)c1OC. The van der Waals surface area contributed by atoms with Crippen LogP contribution in [0.1, 0.15) is 22.8 Å². The third kappa shape index (κ3) is 2.89. The number of pyridine rings is 1. The molecule has 1 aromatic carbocycles. The minimum absolute atomic E-state index is 0.286. The Bertz CT molecular complexity index is 641. The van der Waals surface area contributed by atoms with Crippen molar-refractivity contribution in [3.8, 4) is 11.5 Å². The van der Waals surface area contributed by atoms with Gasteiger partial charge in [0.2, 0.25) is 0 Å². The molecule has 6 heteroatoms. The number of hydrogen-bond donors (Lipinski definition) is 2. The minimum Gasteiger partial charge on any atom is -0.493 e. The molecule has 2 rings (SSSR count). The highest BCUT2D eigenvalue weighted by Gasteiger charge is 2.20. The number of halogens is 1. The van der Waals surface area contributed by atoms with Crippen LogP contribution in [0.25, 0.3) is 0 Å². The van der Waals surface area contributed by atoms with Crippen LogP contribution in [-0.4, -0.2) is 24.3 Å². The molecule has 1 aromatic heterocycles. The van der Waals surface area contributed by atoms with Crippen LogP contribution in [0.2, 0.25) is 5.02 Å². The summed E-state index contributed by atoms with van der Waals surface area (Å²) < 4.78 is 10.4. The van der Waals surface area contributed by atoms with Crippen LogP contribution < -0.4 is 15.2 Å². The molecule has 0 amide bonds. The number of benzene rings is 1. The van der Waals surface area contributed by atoms with E-state index in [9.17, 15) is 5.11 Å². The van der Waals surface area contributed by atoms with Crippen molar-refractivity contribution in [2.75, 3.05) is 20.0 Å². The average molecular weight is 309 g/mol. The van der Waals surface area contributed by atoms with Gasteiger partial charge in [0.25, 0.3) is 0 Å². The Morgan fingerprint density at radius 2 is 2.00 bits per heavy atom. The van der Waals surface area contributed by atoms with E-state index >= 15 is 0 Å². The predicted molar refractivity (Wildman–Crippen MR) is 82.0 cm³/mol. The second-order valence-corrected chi connectivity index (χ2v) is 4.97. The fourth-order valence-corrected chi connectivity index (χ4v) is 2.51. The van der Waals surface area contributed by atoms with E-state index in [1.54, 1.807) is 24.4 Å². The molecular formula is C15H17ClN2O3. The number of nitrogens with two attached hydrogens (primary N) is 1. The second-order valence-electron chi connectivity index (χ2n) is 4.57. The molecule has 21 heavy (non-hydrogen) atoms. The molecule has 0 aliphatic carbocycles. The first-order chi connectivity index (χ1) is 9.99. The van der Waals surface area contributed by atoms with Crippen molar-refractivity contribution in [1.29, 1.82) is 0 Å². The van der Waals surface area contributed by atoms with Gasteiger partial charge < -0.3 is 20.3 Å². The first-order valence-corrected chi connectivity index (χ1v) is 6.67. The van der Waals surface area contributed by atoms with E-state index in [0.717, 1.165) is 5.56 Å². The third-order valence-corrected chi connectivity index (χ3v) is 3.56. The molecule has 0 spiro atoms. The molecule has 3 N–H and O–H groups in total. The van der Waals surface area contributed by atoms with Gasteiger partial charge >= 0.3 is 0 Å². The number of aryl methyl sites for hydroxylation is 1. The summed E-state index contributed by atoms with van der Waals surface area (Å²) in [5.41, 5.74) is 7.82. The van der Waals surface area contributed by atoms with Crippen LogP contribution >= 0.6 is 11.6 Å². The van der Waals surface area contributed by atoms with Gasteiger partial charge in [-0.3, -0.25) is 0 Å². The first-order valence-electron chi connectivity index (χ1n) is 6.30. The molecule has 5 nitrogen and oxygen atoms in total. The molecule has 0 radical (unpaired) electrons. The molecule has 1 heterocycles. The molecule has 2 aromatic rings. The molecule has 0 aliphatic rings. The second kappa shape index (κ2) is 6.20. The highest BCUT2D eigenvalue weighted by molar-refractivity contribution is 6.32. The van der Waals surface area contributed by atoms with Gasteiger partial charge in [0.1, 0.15) is 11.9 Å². The molecule has 1 atom stereocenters. The largest absolute Gasteiger partial charge is 0.493 e. The number of anilines is 1. The highest BCUT2D eigenvalue weighted by atomic mass is 35.5. The van der Waals surface area contributed by atoms with Crippen molar-refractivity contribution >= 4 is 17.4 Å². The number of nitrogen functional groups attached to an aromatic ring is 1. The van der Waals surface area contributed by atoms with E-state index in [1.165, 1.54) is 14.2 Å². The zero-order chi connectivity index (χ0) is 15.6. The average Bonchev–Trinajstić information content (AvgIpc) is 2.45. The quantitative estimate of drug-likeness (QED) is 0.908. The standard InChI is InChI=1S/C15H17ClN2O3/c1-8-4-5-18-15(17)12(8)13(19)9-6-10(16)14(21-3)11(7-9)20-2/h4-7,13,19H,1-3H3,(H2,17,18). The summed E-state index contributed by atoms with van der Waals surface area (Å²) in [5, 5.41) is 10.9. The molecule has 0 saturated heterocycles. The lowest BCUT2D eigenvalue weighted by Crippen LogP contribution is -2.08. The number of aliphatic hydroxyl groups is 1. The van der Waals surface area contributed by atoms with Gasteiger partial charge in [-0.15, -0.1) is 0 Å². The monoisotopic (exact) mass is 308 g/mol. The van der Waals surface area contributed by atoms with E-state index in [0.29, 0.717) is 27.6 Å². The van der Waals surface area contributed by atoms with Crippen molar-refractivity contribution in [1.82, 2.24) is 4.98 Å². The molecule has 1 unspecified atom stereocenters. The number of ether oxygens (including phenoxy) is 2. The molecule has 0 bridgehead atoms. The smallest absolute Gasteiger partial charge is 0.179 e. The van der Waals surface area contributed by atoms with E-state index in [-0.39, 0.29) is 5.82 Å². The fraction of sp³-hybridized carbons (Fsp3) is 0.267. The lowest BCUT2D eigenvalue weighted by Gasteiger charge is -2.18. The Balaban J connectivity index is 2.54. The third-order valence-electron chi connectivity index (χ3n) is 3.28. The predicted octanol–water partition coefficient (Wildman–Crippen LogP) is 2.72. The van der Waals surface area contributed by atoms with Crippen LogP contribution in [0, 0.1) is 6.92 Å². The summed E-state index contributed by atoms with van der Waals surface area (Å²) in [6, 6.07) is 5.08. The van der Waals surface area contributed by atoms with Crippen LogP contribution in [0.5, 0.6) is 11.5 Å². The van der Waals surface area contributed by atoms with E-state index < -0.39 is 6.10 Å². The number of aliphatic hydroxyl groups excluding tert-OH is 1. The van der Waals surface area contributed by atoms with Crippen molar-refractivity contribution in [2.45, 2.75) is 13.0 Å². The van der Waals surface area contributed by atoms with Gasteiger partial charge in [0.05, 0.1) is 19.2 Å². The van der Waals surface area contributed by atoms with Gasteiger partial charge in [-0.1, -0.05) is 11.6 Å². The van der Waals surface area contributed by atoms with Crippen molar-refractivity contribution in [3.05, 3.63) is 46.1 Å². The van der Waals surface area contributed by atoms with E-state index in [2.05, 4.69) is 4.98 Å². The van der Waals surface area contributed by atoms with E-state index in [1.807, 2.05) is 6.92 Å². The van der Waals surface area contributed by atoms with Gasteiger partial charge in [-0.25, -0.2) is 4.98 Å². The lowest BCUT2D eigenvalue weighted by molar-refractivity contribution is 0.219. The van der Waals surface area contributed by atoms with Crippen LogP contribution in [-0.2, 0) is 0 Å². The van der Waals surface area contributed by atoms with Gasteiger partial charge in [-0.2, -0.15) is 0 Å². The number of methoxy groups -OCH3 is 2. The fourth-order valence-electron chi connectivity index (χ4n) is 2.21. The Kier molecular flexibility index (Phi) is 4.55. The molecule has 0 aliphatic heterocycles. The normalized spacial score (nSPS) is 12.0. The lowest BCUT2D eigenvalue weighted by atomic mass is 9.98. The maximum Gasteiger partial charge on any atom is 0.179 e. The number of rotatable bonds is 4. The molecular weight excluding hydrogens is 292 g/mol. The highest BCUT2D eigenvalue weighted by Crippen LogP contribution is 2.39. The zero-order valence-corrected chi connectivity index (χ0v) is 12.8. The summed E-state index contributed by atoms with van der Waals surface area (Å²) in [4.78, 5) is 4.01. The van der Waals surface area contributed by atoms with E-state index in [4.69, 9.17) is 26.8 Å². The Hall–Kier alpha value is -1.98. The van der Waals surface area contributed by atoms with Crippen molar-refractivity contribution < 1.29 is 14.6 Å². The number of nitrogens with zero attached hydrogens (tertiary/aromatic N) is 1. The minimum atomic E-state index is -0.948. The maximum absolute atomic E-state index is 10.6. The van der Waals surface area contributed by atoms with Crippen LogP contribution in [0.4, 0.5) is 5.82 Å². The summed E-state index contributed by atoms with van der Waals surface area (Å²) in [6.07, 6.45) is 0.652. The Labute approximate surface area is 128 Å². The van der Waals surface area contributed by atoms with Gasteiger partial charge in [0.15, 0.2) is 11.5 Å². The maximum atomic E-state index is 10.6. The van der Waals surface area contributed by atoms with Crippen LogP contribution in [0.15, 0.2) is 24.4 Å². The molecule has 0 fully saturated rings. The summed E-state index contributed by atoms with van der Waals surface area (Å²) in [6.45, 7) is 1.86. The van der Waals surface area contributed by atoms with Crippen LogP contribution in [0.3, 0.4) is 0 Å². The zero-order valence-electron chi connectivity index (χ0n) is 12.1. The van der Waals surface area contributed by atoms with Crippen molar-refractivity contribution in [2.24, 2.45) is 0 Å². The topological polar surface area (TPSA) is 77.6 Å².